The first-order valence-corrected chi connectivity index (χ1v) is 6.02. The SMILES string of the molecule is [NH2+]=Nc1c(O)cc(S(=O)(=O)O)c2ccccc12. The molecule has 2 rings (SSSR count). The van der Waals surface area contributed by atoms with E-state index >= 15 is 0 Å². The lowest BCUT2D eigenvalue weighted by Gasteiger charge is -2.06. The van der Waals surface area contributed by atoms with Crippen LogP contribution in [0.4, 0.5) is 5.69 Å². The van der Waals surface area contributed by atoms with E-state index in [-0.39, 0.29) is 16.0 Å². The number of hydrogen-bond acceptors (Lipinski definition) is 4. The van der Waals surface area contributed by atoms with Gasteiger partial charge in [0.05, 0.1) is 0 Å². The van der Waals surface area contributed by atoms with Crippen molar-refractivity contribution in [2.45, 2.75) is 4.90 Å². The molecule has 0 aromatic heterocycles. The lowest BCUT2D eigenvalue weighted by molar-refractivity contribution is -0.210. The molecule has 0 bridgehead atoms. The Labute approximate surface area is 96.8 Å². The van der Waals surface area contributed by atoms with E-state index in [0.717, 1.165) is 6.07 Å². The van der Waals surface area contributed by atoms with E-state index in [1.807, 2.05) is 0 Å². The van der Waals surface area contributed by atoms with Gasteiger partial charge in [-0.25, -0.2) is 0 Å². The first-order valence-electron chi connectivity index (χ1n) is 4.58. The topological polar surface area (TPSA) is 113 Å². The molecule has 0 saturated carbocycles. The maximum absolute atomic E-state index is 11.2. The Morgan fingerprint density at radius 2 is 1.76 bits per heavy atom. The number of rotatable bonds is 2. The van der Waals surface area contributed by atoms with Crippen molar-refractivity contribution < 1.29 is 23.6 Å². The van der Waals surface area contributed by atoms with Crippen LogP contribution in [0, 0.1) is 0 Å². The predicted molar refractivity (Wildman–Crippen MR) is 59.4 cm³/mol. The molecular formula is C10H9N2O4S+. The molecule has 0 aliphatic carbocycles. The van der Waals surface area contributed by atoms with Gasteiger partial charge in [0, 0.05) is 16.8 Å². The van der Waals surface area contributed by atoms with Crippen molar-refractivity contribution in [1.82, 2.24) is 0 Å². The molecule has 2 aromatic carbocycles. The average molecular weight is 253 g/mol. The molecule has 17 heavy (non-hydrogen) atoms. The summed E-state index contributed by atoms with van der Waals surface area (Å²) in [6, 6.07) is 7.21. The van der Waals surface area contributed by atoms with E-state index in [1.165, 1.54) is 6.07 Å². The smallest absolute Gasteiger partial charge is 0.295 e. The molecule has 0 fully saturated rings. The highest BCUT2D eigenvalue weighted by molar-refractivity contribution is 7.86. The predicted octanol–water partition coefficient (Wildman–Crippen LogP) is 0.635. The van der Waals surface area contributed by atoms with Crippen molar-refractivity contribution in [1.29, 1.82) is 0 Å². The average Bonchev–Trinajstić information content (AvgIpc) is 2.27. The van der Waals surface area contributed by atoms with Gasteiger partial charge in [0.2, 0.25) is 0 Å². The van der Waals surface area contributed by atoms with Gasteiger partial charge in [0.1, 0.15) is 10.6 Å². The molecule has 0 heterocycles. The van der Waals surface area contributed by atoms with Crippen LogP contribution in [-0.2, 0) is 10.1 Å². The molecule has 0 saturated heterocycles. The van der Waals surface area contributed by atoms with Gasteiger partial charge >= 0.3 is 0 Å². The Bertz CT molecular complexity index is 710. The largest absolute Gasteiger partial charge is 0.505 e. The zero-order chi connectivity index (χ0) is 12.6. The van der Waals surface area contributed by atoms with E-state index in [2.05, 4.69) is 5.11 Å². The number of fused-ring (bicyclic) bond motifs is 1. The molecule has 4 N–H and O–H groups in total. The summed E-state index contributed by atoms with van der Waals surface area (Å²) in [6.45, 7) is 0. The highest BCUT2D eigenvalue weighted by atomic mass is 32.2. The normalized spacial score (nSPS) is 11.6. The second-order valence-corrected chi connectivity index (χ2v) is 4.78. The lowest BCUT2D eigenvalue weighted by atomic mass is 10.1. The molecule has 7 heteroatoms. The van der Waals surface area contributed by atoms with E-state index in [4.69, 9.17) is 10.1 Å². The van der Waals surface area contributed by atoms with Crippen LogP contribution in [0.2, 0.25) is 0 Å². The zero-order valence-corrected chi connectivity index (χ0v) is 9.35. The number of nitrogens with two attached hydrogens (primary N) is 1. The Morgan fingerprint density at radius 3 is 2.29 bits per heavy atom. The van der Waals surface area contributed by atoms with Gasteiger partial charge in [-0.05, 0) is 5.11 Å². The third-order valence-electron chi connectivity index (χ3n) is 2.37. The van der Waals surface area contributed by atoms with Gasteiger partial charge in [-0.15, -0.1) is 0 Å². The van der Waals surface area contributed by atoms with Gasteiger partial charge in [-0.3, -0.25) is 4.55 Å². The molecule has 0 aliphatic heterocycles. The van der Waals surface area contributed by atoms with Crippen molar-refractivity contribution in [2.24, 2.45) is 5.11 Å². The fourth-order valence-electron chi connectivity index (χ4n) is 1.66. The van der Waals surface area contributed by atoms with Crippen LogP contribution in [0.1, 0.15) is 0 Å². The molecule has 0 unspecified atom stereocenters. The van der Waals surface area contributed by atoms with Gasteiger partial charge in [0.25, 0.3) is 10.1 Å². The second-order valence-electron chi connectivity index (χ2n) is 3.39. The Kier molecular flexibility index (Phi) is 2.56. The minimum atomic E-state index is -4.42. The summed E-state index contributed by atoms with van der Waals surface area (Å²) in [5.74, 6) is -0.404. The first kappa shape index (κ1) is 11.5. The highest BCUT2D eigenvalue weighted by Gasteiger charge is 2.19. The van der Waals surface area contributed by atoms with Crippen LogP contribution in [0.25, 0.3) is 10.8 Å². The van der Waals surface area contributed by atoms with E-state index in [0.29, 0.717) is 5.39 Å². The van der Waals surface area contributed by atoms with E-state index in [1.54, 1.807) is 18.2 Å². The van der Waals surface area contributed by atoms with Gasteiger partial charge < -0.3 is 5.11 Å². The monoisotopic (exact) mass is 253 g/mol. The fraction of sp³-hybridized carbons (Fsp3) is 0. The first-order chi connectivity index (χ1) is 7.95. The summed E-state index contributed by atoms with van der Waals surface area (Å²) < 4.78 is 31.4. The summed E-state index contributed by atoms with van der Waals surface area (Å²) >= 11 is 0. The second kappa shape index (κ2) is 3.79. The van der Waals surface area contributed by atoms with E-state index in [9.17, 15) is 13.5 Å². The van der Waals surface area contributed by atoms with Crippen LogP contribution < -0.4 is 5.53 Å². The number of phenolic OH excluding ortho intramolecular Hbond substituents is 1. The van der Waals surface area contributed by atoms with Gasteiger partial charge in [-0.1, -0.05) is 24.3 Å². The lowest BCUT2D eigenvalue weighted by Crippen LogP contribution is -2.22. The maximum atomic E-state index is 11.2. The minimum absolute atomic E-state index is 0.0769. The molecule has 0 atom stereocenters. The quantitative estimate of drug-likeness (QED) is 0.538. The molecule has 6 nitrogen and oxygen atoms in total. The van der Waals surface area contributed by atoms with Crippen LogP contribution in [0.3, 0.4) is 0 Å². The molecule has 88 valence electrons. The molecule has 0 aliphatic rings. The van der Waals surface area contributed by atoms with Crippen molar-refractivity contribution in [3.8, 4) is 5.75 Å². The Morgan fingerprint density at radius 1 is 1.18 bits per heavy atom. The van der Waals surface area contributed by atoms with Crippen LogP contribution in [0.5, 0.6) is 5.75 Å². The number of aromatic hydroxyl groups is 1. The standard InChI is InChI=1S/C10H8N2O4S/c11-12-10-7-4-2-1-3-6(7)9(5-8(10)13)17(14,15)16/h1-5,11,13H,(H,14,15,16)/p+1. The number of hydrogen-bond donors (Lipinski definition) is 3. The van der Waals surface area contributed by atoms with Crippen molar-refractivity contribution in [3.05, 3.63) is 30.3 Å². The molecule has 0 amide bonds. The minimum Gasteiger partial charge on any atom is -0.505 e. The zero-order valence-electron chi connectivity index (χ0n) is 8.53. The Hall–Kier alpha value is -1.99. The summed E-state index contributed by atoms with van der Waals surface area (Å²) in [5, 5.41) is 13.6. The molecular weight excluding hydrogens is 244 g/mol. The summed E-state index contributed by atoms with van der Waals surface area (Å²) in [6.07, 6.45) is 0. The third-order valence-corrected chi connectivity index (χ3v) is 3.26. The molecule has 0 radical (unpaired) electrons. The maximum Gasteiger partial charge on any atom is 0.295 e. The number of benzene rings is 2. The summed E-state index contributed by atoms with van der Waals surface area (Å²) in [5.41, 5.74) is 5.21. The molecule has 0 spiro atoms. The van der Waals surface area contributed by atoms with Crippen molar-refractivity contribution in [2.75, 3.05) is 0 Å². The highest BCUT2D eigenvalue weighted by Crippen LogP contribution is 2.38. The Balaban J connectivity index is 3.04. The fourth-order valence-corrected chi connectivity index (χ4v) is 2.38. The van der Waals surface area contributed by atoms with Gasteiger partial charge in [-0.2, -0.15) is 13.9 Å². The number of nitrogens with zero attached hydrogens (tertiary/aromatic N) is 1. The van der Waals surface area contributed by atoms with Gasteiger partial charge in [0.15, 0.2) is 5.69 Å². The molecule has 2 aromatic rings. The van der Waals surface area contributed by atoms with Crippen LogP contribution >= 0.6 is 0 Å². The van der Waals surface area contributed by atoms with E-state index < -0.39 is 15.9 Å². The summed E-state index contributed by atoms with van der Waals surface area (Å²) in [4.78, 5) is -0.377. The van der Waals surface area contributed by atoms with Crippen LogP contribution in [-0.4, -0.2) is 18.1 Å². The third kappa shape index (κ3) is 1.85. The summed E-state index contributed by atoms with van der Waals surface area (Å²) in [7, 11) is -4.42. The van der Waals surface area contributed by atoms with Crippen LogP contribution in [0.15, 0.2) is 40.3 Å². The van der Waals surface area contributed by atoms with Crippen molar-refractivity contribution in [3.63, 3.8) is 0 Å². The van der Waals surface area contributed by atoms with Crippen molar-refractivity contribution >= 4 is 26.6 Å². The number of phenols is 1.